The van der Waals surface area contributed by atoms with E-state index >= 15 is 0 Å². The van der Waals surface area contributed by atoms with Gasteiger partial charge < -0.3 is 9.47 Å². The van der Waals surface area contributed by atoms with Crippen LogP contribution in [0, 0.1) is 28.1 Å². The molecule has 0 bridgehead atoms. The highest BCUT2D eigenvalue weighted by Gasteiger charge is 2.43. The molecule has 4 nitrogen and oxygen atoms in total. The summed E-state index contributed by atoms with van der Waals surface area (Å²) < 4.78 is 11.3. The van der Waals surface area contributed by atoms with Gasteiger partial charge in [0, 0.05) is 17.9 Å². The van der Waals surface area contributed by atoms with Crippen molar-refractivity contribution in [2.24, 2.45) is 5.41 Å². The third kappa shape index (κ3) is 3.17. The topological polar surface area (TPSA) is 66.0 Å². The summed E-state index contributed by atoms with van der Waals surface area (Å²) >= 11 is 0. The maximum atomic E-state index is 8.88. The van der Waals surface area contributed by atoms with E-state index in [1.807, 2.05) is 6.92 Å². The van der Waals surface area contributed by atoms with Crippen LogP contribution in [0.5, 0.6) is 11.5 Å². The molecule has 2 rings (SSSR count). The lowest BCUT2D eigenvalue weighted by atomic mass is 10.1. The first-order chi connectivity index (χ1) is 9.23. The Labute approximate surface area is 113 Å². The smallest absolute Gasteiger partial charge is 0.162 e. The second-order valence-electron chi connectivity index (χ2n) is 4.83. The van der Waals surface area contributed by atoms with Crippen LogP contribution in [0.2, 0.25) is 0 Å². The Kier molecular flexibility index (Phi) is 3.92. The molecule has 98 valence electrons. The van der Waals surface area contributed by atoms with E-state index in [1.54, 1.807) is 18.2 Å². The zero-order valence-electron chi connectivity index (χ0n) is 11.0. The molecule has 0 saturated heterocycles. The average Bonchev–Trinajstić information content (AvgIpc) is 3.18. The molecule has 0 atom stereocenters. The Morgan fingerprint density at radius 3 is 2.58 bits per heavy atom. The van der Waals surface area contributed by atoms with E-state index in [-0.39, 0.29) is 5.41 Å². The summed E-state index contributed by atoms with van der Waals surface area (Å²) in [6.45, 7) is 2.95. The van der Waals surface area contributed by atoms with E-state index in [4.69, 9.17) is 20.0 Å². The van der Waals surface area contributed by atoms with Gasteiger partial charge in [-0.3, -0.25) is 0 Å². The monoisotopic (exact) mass is 256 g/mol. The number of rotatable bonds is 6. The van der Waals surface area contributed by atoms with Gasteiger partial charge in [-0.25, -0.2) is 0 Å². The predicted octanol–water partition coefficient (Wildman–Crippen LogP) is 3.03. The third-order valence-corrected chi connectivity index (χ3v) is 3.32. The maximum Gasteiger partial charge on any atom is 0.162 e. The predicted molar refractivity (Wildman–Crippen MR) is 69.7 cm³/mol. The Balaban J connectivity index is 2.07. The molecule has 1 fully saturated rings. The van der Waals surface area contributed by atoms with Crippen molar-refractivity contribution in [2.45, 2.75) is 26.2 Å². The lowest BCUT2D eigenvalue weighted by Crippen LogP contribution is -2.13. The molecule has 0 N–H and O–H groups in total. The van der Waals surface area contributed by atoms with Gasteiger partial charge in [-0.2, -0.15) is 10.5 Å². The highest BCUT2D eigenvalue weighted by molar-refractivity contribution is 5.46. The first-order valence-corrected chi connectivity index (χ1v) is 6.40. The Morgan fingerprint density at radius 2 is 2.00 bits per heavy atom. The van der Waals surface area contributed by atoms with Crippen molar-refractivity contribution < 1.29 is 9.47 Å². The molecule has 0 unspecified atom stereocenters. The first kappa shape index (κ1) is 13.2. The number of hydrogen-bond acceptors (Lipinski definition) is 4. The molecule has 0 amide bonds. The third-order valence-electron chi connectivity index (χ3n) is 3.32. The molecule has 1 aromatic rings. The molecule has 1 aliphatic carbocycles. The SMILES string of the molecule is CCOc1cc(C#N)ccc1OCC1(CC#N)CC1. The van der Waals surface area contributed by atoms with E-state index in [0.717, 1.165) is 12.8 Å². The van der Waals surface area contributed by atoms with Crippen LogP contribution >= 0.6 is 0 Å². The first-order valence-electron chi connectivity index (χ1n) is 6.40. The second kappa shape index (κ2) is 5.63. The van der Waals surface area contributed by atoms with Gasteiger partial charge in [0.1, 0.15) is 0 Å². The van der Waals surface area contributed by atoms with E-state index in [2.05, 4.69) is 12.1 Å². The van der Waals surface area contributed by atoms with Crippen molar-refractivity contribution in [2.75, 3.05) is 13.2 Å². The zero-order chi connectivity index (χ0) is 13.7. The van der Waals surface area contributed by atoms with Crippen LogP contribution in [0.4, 0.5) is 0 Å². The lowest BCUT2D eigenvalue weighted by molar-refractivity contribution is 0.222. The number of ether oxygens (including phenoxy) is 2. The lowest BCUT2D eigenvalue weighted by Gasteiger charge is -2.15. The molecule has 1 aliphatic rings. The largest absolute Gasteiger partial charge is 0.490 e. The van der Waals surface area contributed by atoms with Crippen molar-refractivity contribution >= 4 is 0 Å². The van der Waals surface area contributed by atoms with Crippen LogP contribution in [-0.4, -0.2) is 13.2 Å². The molecule has 0 spiro atoms. The van der Waals surface area contributed by atoms with Crippen LogP contribution in [0.1, 0.15) is 31.7 Å². The van der Waals surface area contributed by atoms with Gasteiger partial charge in [-0.1, -0.05) is 0 Å². The fourth-order valence-electron chi connectivity index (χ4n) is 1.91. The van der Waals surface area contributed by atoms with Crippen LogP contribution in [0.3, 0.4) is 0 Å². The van der Waals surface area contributed by atoms with Gasteiger partial charge in [-0.15, -0.1) is 0 Å². The molecule has 1 aromatic carbocycles. The highest BCUT2D eigenvalue weighted by Crippen LogP contribution is 2.49. The Hall–Kier alpha value is -2.20. The van der Waals surface area contributed by atoms with E-state index in [0.29, 0.717) is 36.7 Å². The quantitative estimate of drug-likeness (QED) is 0.784. The Morgan fingerprint density at radius 1 is 1.21 bits per heavy atom. The molecule has 0 radical (unpaired) electrons. The van der Waals surface area contributed by atoms with Gasteiger partial charge in [0.15, 0.2) is 11.5 Å². The van der Waals surface area contributed by atoms with Gasteiger partial charge in [0.2, 0.25) is 0 Å². The van der Waals surface area contributed by atoms with Crippen molar-refractivity contribution in [1.82, 2.24) is 0 Å². The van der Waals surface area contributed by atoms with Crippen molar-refractivity contribution in [1.29, 1.82) is 10.5 Å². The normalized spacial score (nSPS) is 15.1. The summed E-state index contributed by atoms with van der Waals surface area (Å²) in [4.78, 5) is 0. The van der Waals surface area contributed by atoms with Crippen LogP contribution in [0.25, 0.3) is 0 Å². The number of benzene rings is 1. The minimum Gasteiger partial charge on any atom is -0.490 e. The second-order valence-corrected chi connectivity index (χ2v) is 4.83. The summed E-state index contributed by atoms with van der Waals surface area (Å²) in [5.41, 5.74) is 0.584. The summed E-state index contributed by atoms with van der Waals surface area (Å²) in [6, 6.07) is 9.44. The number of hydrogen-bond donors (Lipinski definition) is 0. The van der Waals surface area contributed by atoms with Gasteiger partial charge in [-0.05, 0) is 31.9 Å². The summed E-state index contributed by atoms with van der Waals surface area (Å²) in [5.74, 6) is 1.24. The van der Waals surface area contributed by atoms with Gasteiger partial charge >= 0.3 is 0 Å². The van der Waals surface area contributed by atoms with E-state index in [1.165, 1.54) is 0 Å². The maximum absolute atomic E-state index is 8.88. The summed E-state index contributed by atoms with van der Waals surface area (Å²) in [6.07, 6.45) is 2.62. The van der Waals surface area contributed by atoms with Crippen LogP contribution in [0.15, 0.2) is 18.2 Å². The molecule has 0 aliphatic heterocycles. The molecular weight excluding hydrogens is 240 g/mol. The molecular formula is C15H16N2O2. The number of nitriles is 2. The Bertz CT molecular complexity index is 536. The highest BCUT2D eigenvalue weighted by atomic mass is 16.5. The molecule has 0 heterocycles. The molecule has 19 heavy (non-hydrogen) atoms. The molecule has 4 heteroatoms. The molecule has 1 saturated carbocycles. The minimum atomic E-state index is 0.0339. The fourth-order valence-corrected chi connectivity index (χ4v) is 1.91. The molecule has 0 aromatic heterocycles. The summed E-state index contributed by atoms with van der Waals surface area (Å²) in [7, 11) is 0. The van der Waals surface area contributed by atoms with Crippen molar-refractivity contribution in [3.8, 4) is 23.6 Å². The number of nitrogens with zero attached hydrogens (tertiary/aromatic N) is 2. The standard InChI is InChI=1S/C15H16N2O2/c1-2-18-14-9-12(10-17)3-4-13(14)19-11-15(5-6-15)7-8-16/h3-4,9H,2,5-7,11H2,1H3. The average molecular weight is 256 g/mol. The van der Waals surface area contributed by atoms with E-state index < -0.39 is 0 Å². The summed E-state index contributed by atoms with van der Waals surface area (Å²) in [5, 5.41) is 17.7. The van der Waals surface area contributed by atoms with Crippen molar-refractivity contribution in [3.63, 3.8) is 0 Å². The fraction of sp³-hybridized carbons (Fsp3) is 0.467. The van der Waals surface area contributed by atoms with Crippen LogP contribution in [-0.2, 0) is 0 Å². The van der Waals surface area contributed by atoms with Crippen LogP contribution < -0.4 is 9.47 Å². The zero-order valence-corrected chi connectivity index (χ0v) is 11.0. The van der Waals surface area contributed by atoms with Crippen molar-refractivity contribution in [3.05, 3.63) is 23.8 Å². The van der Waals surface area contributed by atoms with Gasteiger partial charge in [0.25, 0.3) is 0 Å². The van der Waals surface area contributed by atoms with Gasteiger partial charge in [0.05, 0.1) is 30.9 Å². The minimum absolute atomic E-state index is 0.0339. The van der Waals surface area contributed by atoms with E-state index in [9.17, 15) is 0 Å².